The molecule has 16 heavy (non-hydrogen) atoms. The van der Waals surface area contributed by atoms with Gasteiger partial charge < -0.3 is 5.32 Å². The maximum Gasteiger partial charge on any atom is 0.159 e. The number of ketones is 1. The molecule has 1 aromatic rings. The van der Waals surface area contributed by atoms with Gasteiger partial charge in [0.25, 0.3) is 0 Å². The quantitative estimate of drug-likeness (QED) is 0.574. The lowest BCUT2D eigenvalue weighted by atomic mass is 9.83. The van der Waals surface area contributed by atoms with E-state index in [1.165, 1.54) is 11.3 Å². The maximum atomic E-state index is 11.4. The van der Waals surface area contributed by atoms with Crippen LogP contribution in [0.25, 0.3) is 0 Å². The second-order valence-electron chi connectivity index (χ2n) is 4.69. The van der Waals surface area contributed by atoms with E-state index in [1.54, 1.807) is 6.92 Å². The largest absolute Gasteiger partial charge is 0.384 e. The zero-order valence-electron chi connectivity index (χ0n) is 9.36. The molecule has 0 amide bonds. The van der Waals surface area contributed by atoms with Crippen molar-refractivity contribution in [1.82, 2.24) is 0 Å². The van der Waals surface area contributed by atoms with Crippen LogP contribution in [0.4, 0.5) is 5.69 Å². The first kappa shape index (κ1) is 9.64. The van der Waals surface area contributed by atoms with Gasteiger partial charge >= 0.3 is 0 Å². The Kier molecular flexibility index (Phi) is 2.10. The molecule has 2 aliphatic rings. The second-order valence-corrected chi connectivity index (χ2v) is 4.69. The molecule has 82 valence electrons. The van der Waals surface area contributed by atoms with Gasteiger partial charge in [-0.05, 0) is 43.0 Å². The molecule has 1 aromatic carbocycles. The SMILES string of the molecule is CC(=O)c1ccc2c(c1)[C@@H]1C=CC[C@@H]1CN2. The lowest BCUT2D eigenvalue weighted by molar-refractivity contribution is 0.101. The average Bonchev–Trinajstić information content (AvgIpc) is 2.76. The Morgan fingerprint density at radius 1 is 1.44 bits per heavy atom. The molecule has 1 aliphatic carbocycles. The number of hydrogen-bond donors (Lipinski definition) is 1. The fraction of sp³-hybridized carbons (Fsp3) is 0.357. The lowest BCUT2D eigenvalue weighted by Crippen LogP contribution is -2.24. The number of hydrogen-bond acceptors (Lipinski definition) is 2. The van der Waals surface area contributed by atoms with E-state index < -0.39 is 0 Å². The Bertz CT molecular complexity index is 476. The van der Waals surface area contributed by atoms with Crippen LogP contribution in [-0.4, -0.2) is 12.3 Å². The highest BCUT2D eigenvalue weighted by Gasteiger charge is 2.30. The van der Waals surface area contributed by atoms with E-state index in [1.807, 2.05) is 12.1 Å². The standard InChI is InChI=1S/C14H15NO/c1-9(16)10-5-6-14-13(7-10)12-4-2-3-11(12)8-15-14/h2,4-7,11-12,15H,3,8H2,1H3/t11-,12-/m1/s1. The molecule has 0 bridgehead atoms. The summed E-state index contributed by atoms with van der Waals surface area (Å²) in [4.78, 5) is 11.4. The molecule has 2 atom stereocenters. The lowest BCUT2D eigenvalue weighted by Gasteiger charge is -2.29. The van der Waals surface area contributed by atoms with Crippen LogP contribution >= 0.6 is 0 Å². The van der Waals surface area contributed by atoms with Crippen molar-refractivity contribution in [3.8, 4) is 0 Å². The van der Waals surface area contributed by atoms with Gasteiger partial charge in [-0.15, -0.1) is 0 Å². The molecule has 0 saturated carbocycles. The normalized spacial score (nSPS) is 25.8. The number of fused-ring (bicyclic) bond motifs is 3. The first-order valence-corrected chi connectivity index (χ1v) is 5.81. The second kappa shape index (κ2) is 3.48. The Hall–Kier alpha value is -1.57. The number of carbonyl (C=O) groups excluding carboxylic acids is 1. The number of allylic oxidation sites excluding steroid dienone is 2. The highest BCUT2D eigenvalue weighted by Crippen LogP contribution is 2.41. The van der Waals surface area contributed by atoms with Crippen LogP contribution in [0, 0.1) is 5.92 Å². The summed E-state index contributed by atoms with van der Waals surface area (Å²) in [6.07, 6.45) is 5.70. The van der Waals surface area contributed by atoms with Crippen molar-refractivity contribution in [2.75, 3.05) is 11.9 Å². The average molecular weight is 213 g/mol. The van der Waals surface area contributed by atoms with Crippen molar-refractivity contribution >= 4 is 11.5 Å². The molecule has 1 N–H and O–H groups in total. The summed E-state index contributed by atoms with van der Waals surface area (Å²) >= 11 is 0. The molecule has 1 heterocycles. The van der Waals surface area contributed by atoms with Gasteiger partial charge in [-0.25, -0.2) is 0 Å². The Labute approximate surface area is 95.4 Å². The minimum Gasteiger partial charge on any atom is -0.384 e. The Morgan fingerprint density at radius 3 is 3.12 bits per heavy atom. The van der Waals surface area contributed by atoms with Gasteiger partial charge in [0.05, 0.1) is 0 Å². The molecular formula is C14H15NO. The third-order valence-corrected chi connectivity index (χ3v) is 3.66. The first-order chi connectivity index (χ1) is 7.75. The molecule has 0 aromatic heterocycles. The summed E-state index contributed by atoms with van der Waals surface area (Å²) in [5, 5.41) is 3.45. The molecule has 0 fully saturated rings. The van der Waals surface area contributed by atoms with E-state index in [0.29, 0.717) is 11.8 Å². The van der Waals surface area contributed by atoms with E-state index in [2.05, 4.69) is 23.5 Å². The fourth-order valence-corrected chi connectivity index (χ4v) is 2.73. The van der Waals surface area contributed by atoms with E-state index in [-0.39, 0.29) is 5.78 Å². The van der Waals surface area contributed by atoms with Crippen LogP contribution < -0.4 is 5.32 Å². The van der Waals surface area contributed by atoms with E-state index in [4.69, 9.17) is 0 Å². The van der Waals surface area contributed by atoms with Crippen molar-refractivity contribution in [3.63, 3.8) is 0 Å². The molecular weight excluding hydrogens is 198 g/mol. The van der Waals surface area contributed by atoms with Gasteiger partial charge in [0.1, 0.15) is 0 Å². The van der Waals surface area contributed by atoms with Gasteiger partial charge in [0.2, 0.25) is 0 Å². The smallest absolute Gasteiger partial charge is 0.159 e. The summed E-state index contributed by atoms with van der Waals surface area (Å²) in [7, 11) is 0. The molecule has 2 heteroatoms. The molecule has 2 nitrogen and oxygen atoms in total. The van der Waals surface area contributed by atoms with E-state index in [9.17, 15) is 4.79 Å². The van der Waals surface area contributed by atoms with Crippen LogP contribution in [0.5, 0.6) is 0 Å². The number of anilines is 1. The van der Waals surface area contributed by atoms with E-state index >= 15 is 0 Å². The van der Waals surface area contributed by atoms with Crippen LogP contribution in [0.1, 0.15) is 35.2 Å². The van der Waals surface area contributed by atoms with Gasteiger partial charge in [0, 0.05) is 23.7 Å². The number of Topliss-reactive ketones (excluding diaryl/α,β-unsaturated/α-hetero) is 1. The molecule has 1 aliphatic heterocycles. The number of rotatable bonds is 1. The third kappa shape index (κ3) is 1.37. The topological polar surface area (TPSA) is 29.1 Å². The number of benzene rings is 1. The molecule has 0 unspecified atom stereocenters. The van der Waals surface area contributed by atoms with Crippen molar-refractivity contribution in [1.29, 1.82) is 0 Å². The van der Waals surface area contributed by atoms with Gasteiger partial charge in [0.15, 0.2) is 5.78 Å². The van der Waals surface area contributed by atoms with Gasteiger partial charge in [-0.2, -0.15) is 0 Å². The summed E-state index contributed by atoms with van der Waals surface area (Å²) in [5.74, 6) is 1.33. The molecule has 0 spiro atoms. The predicted octanol–water partition coefficient (Wildman–Crippen LogP) is 2.97. The third-order valence-electron chi connectivity index (χ3n) is 3.66. The van der Waals surface area contributed by atoms with Crippen molar-refractivity contribution in [2.45, 2.75) is 19.3 Å². The molecule has 3 rings (SSSR count). The van der Waals surface area contributed by atoms with Gasteiger partial charge in [-0.1, -0.05) is 12.2 Å². The minimum absolute atomic E-state index is 0.145. The Balaban J connectivity index is 2.08. The number of nitrogens with one attached hydrogen (secondary N) is 1. The Morgan fingerprint density at radius 2 is 2.31 bits per heavy atom. The molecule has 0 radical (unpaired) electrons. The number of carbonyl (C=O) groups is 1. The molecule has 0 saturated heterocycles. The van der Waals surface area contributed by atoms with Crippen molar-refractivity contribution in [2.24, 2.45) is 5.92 Å². The van der Waals surface area contributed by atoms with Crippen LogP contribution in [0.15, 0.2) is 30.4 Å². The van der Waals surface area contributed by atoms with Crippen molar-refractivity contribution in [3.05, 3.63) is 41.5 Å². The minimum atomic E-state index is 0.145. The van der Waals surface area contributed by atoms with Gasteiger partial charge in [-0.3, -0.25) is 4.79 Å². The summed E-state index contributed by atoms with van der Waals surface area (Å²) in [6, 6.07) is 6.00. The highest BCUT2D eigenvalue weighted by molar-refractivity contribution is 5.94. The summed E-state index contributed by atoms with van der Waals surface area (Å²) < 4.78 is 0. The van der Waals surface area contributed by atoms with Crippen LogP contribution in [0.2, 0.25) is 0 Å². The maximum absolute atomic E-state index is 11.4. The predicted molar refractivity (Wildman–Crippen MR) is 64.9 cm³/mol. The first-order valence-electron chi connectivity index (χ1n) is 5.81. The zero-order chi connectivity index (χ0) is 11.1. The monoisotopic (exact) mass is 213 g/mol. The van der Waals surface area contributed by atoms with E-state index in [0.717, 1.165) is 18.5 Å². The van der Waals surface area contributed by atoms with Crippen LogP contribution in [-0.2, 0) is 0 Å². The van der Waals surface area contributed by atoms with Crippen molar-refractivity contribution < 1.29 is 4.79 Å². The summed E-state index contributed by atoms with van der Waals surface area (Å²) in [6.45, 7) is 2.67. The summed E-state index contributed by atoms with van der Waals surface area (Å²) in [5.41, 5.74) is 3.30. The fourth-order valence-electron chi connectivity index (χ4n) is 2.73. The zero-order valence-corrected chi connectivity index (χ0v) is 9.36. The van der Waals surface area contributed by atoms with Crippen LogP contribution in [0.3, 0.4) is 0 Å². The highest BCUT2D eigenvalue weighted by atomic mass is 16.1.